The van der Waals surface area contributed by atoms with E-state index in [0.29, 0.717) is 0 Å². The van der Waals surface area contributed by atoms with Crippen LogP contribution in [0.1, 0.15) is 11.3 Å². The molecule has 0 aliphatic carbocycles. The topological polar surface area (TPSA) is 49.9 Å². The van der Waals surface area contributed by atoms with Gasteiger partial charge in [0.2, 0.25) is 0 Å². The number of ether oxygens (including phenoxy) is 1. The smallest absolute Gasteiger partial charge is 0.118 e. The monoisotopic (exact) mass is 315 g/mol. The number of nitrogens with one attached hydrogen (secondary N) is 2. The summed E-state index contributed by atoms with van der Waals surface area (Å²) in [5.74, 6) is 0.857. The summed E-state index contributed by atoms with van der Waals surface area (Å²) in [6, 6.07) is 14.6. The minimum absolute atomic E-state index is 0.857. The van der Waals surface area contributed by atoms with Crippen LogP contribution in [0.4, 0.5) is 0 Å². The third-order valence-corrected chi connectivity index (χ3v) is 4.86. The highest BCUT2D eigenvalue weighted by molar-refractivity contribution is 6.08. The van der Waals surface area contributed by atoms with Crippen molar-refractivity contribution in [3.63, 3.8) is 0 Å². The van der Waals surface area contributed by atoms with Gasteiger partial charge in [0, 0.05) is 46.7 Å². The molecule has 118 valence electrons. The van der Waals surface area contributed by atoms with Crippen molar-refractivity contribution < 1.29 is 4.74 Å². The predicted octanol–water partition coefficient (Wildman–Crippen LogP) is 3.99. The van der Waals surface area contributed by atoms with Crippen LogP contribution in [-0.2, 0) is 13.1 Å². The molecule has 5 rings (SSSR count). The van der Waals surface area contributed by atoms with Crippen molar-refractivity contribution in [2.24, 2.45) is 0 Å². The van der Waals surface area contributed by atoms with Crippen molar-refractivity contribution in [3.8, 4) is 17.0 Å². The van der Waals surface area contributed by atoms with Gasteiger partial charge in [0.1, 0.15) is 5.75 Å². The number of rotatable bonds is 2. The summed E-state index contributed by atoms with van der Waals surface area (Å²) in [7, 11) is 1.68. The highest BCUT2D eigenvalue weighted by Gasteiger charge is 2.17. The number of aromatic nitrogens is 2. The maximum Gasteiger partial charge on any atom is 0.118 e. The van der Waals surface area contributed by atoms with Crippen molar-refractivity contribution in [2.45, 2.75) is 13.1 Å². The molecule has 3 heterocycles. The second kappa shape index (κ2) is 5.08. The van der Waals surface area contributed by atoms with Crippen LogP contribution in [0.3, 0.4) is 0 Å². The molecule has 0 atom stereocenters. The van der Waals surface area contributed by atoms with Crippen molar-refractivity contribution in [1.82, 2.24) is 15.3 Å². The zero-order valence-corrected chi connectivity index (χ0v) is 13.4. The zero-order valence-electron chi connectivity index (χ0n) is 13.4. The van der Waals surface area contributed by atoms with E-state index in [1.807, 2.05) is 30.5 Å². The van der Waals surface area contributed by atoms with Crippen LogP contribution in [0.25, 0.3) is 32.9 Å². The summed E-state index contributed by atoms with van der Waals surface area (Å²) < 4.78 is 5.24. The molecule has 4 nitrogen and oxygen atoms in total. The molecule has 2 aromatic carbocycles. The first-order chi connectivity index (χ1) is 11.8. The lowest BCUT2D eigenvalue weighted by atomic mass is 10.0. The van der Waals surface area contributed by atoms with Gasteiger partial charge in [-0.2, -0.15) is 0 Å². The lowest BCUT2D eigenvalue weighted by Gasteiger charge is -2.06. The van der Waals surface area contributed by atoms with Crippen LogP contribution in [0, 0.1) is 0 Å². The number of hydrogen-bond acceptors (Lipinski definition) is 3. The van der Waals surface area contributed by atoms with Crippen molar-refractivity contribution >= 4 is 21.7 Å². The molecule has 0 saturated heterocycles. The minimum Gasteiger partial charge on any atom is -0.497 e. The van der Waals surface area contributed by atoms with E-state index in [-0.39, 0.29) is 0 Å². The third-order valence-electron chi connectivity index (χ3n) is 4.86. The molecule has 4 aromatic rings. The zero-order chi connectivity index (χ0) is 16.1. The second-order valence-electron chi connectivity index (χ2n) is 6.19. The van der Waals surface area contributed by atoms with E-state index in [2.05, 4.69) is 33.5 Å². The average molecular weight is 315 g/mol. The predicted molar refractivity (Wildman–Crippen MR) is 96.1 cm³/mol. The fraction of sp³-hybridized carbons (Fsp3) is 0.150. The SMILES string of the molecule is COc1ccc(-c2cc3c(ccc4c5c([nH]c43)CNC5)cn2)cc1. The van der Waals surface area contributed by atoms with Gasteiger partial charge in [-0.3, -0.25) is 4.98 Å². The fourth-order valence-corrected chi connectivity index (χ4v) is 3.58. The molecule has 0 bridgehead atoms. The van der Waals surface area contributed by atoms with Gasteiger partial charge in [-0.05, 0) is 35.9 Å². The number of pyridine rings is 1. The Bertz CT molecular complexity index is 1060. The van der Waals surface area contributed by atoms with E-state index in [0.717, 1.165) is 35.5 Å². The lowest BCUT2D eigenvalue weighted by Crippen LogP contribution is -2.01. The lowest BCUT2D eigenvalue weighted by molar-refractivity contribution is 0.415. The normalized spacial score (nSPS) is 13.5. The maximum absolute atomic E-state index is 5.24. The van der Waals surface area contributed by atoms with E-state index in [9.17, 15) is 0 Å². The molecule has 1 aliphatic rings. The van der Waals surface area contributed by atoms with Crippen LogP contribution >= 0.6 is 0 Å². The van der Waals surface area contributed by atoms with Crippen molar-refractivity contribution in [2.75, 3.05) is 7.11 Å². The Balaban J connectivity index is 1.72. The summed E-state index contributed by atoms with van der Waals surface area (Å²) in [6.45, 7) is 1.86. The van der Waals surface area contributed by atoms with Gasteiger partial charge in [-0.15, -0.1) is 0 Å². The highest BCUT2D eigenvalue weighted by Crippen LogP contribution is 2.33. The molecule has 0 amide bonds. The number of aromatic amines is 1. The summed E-state index contributed by atoms with van der Waals surface area (Å²) >= 11 is 0. The molecule has 0 unspecified atom stereocenters. The van der Waals surface area contributed by atoms with Gasteiger partial charge >= 0.3 is 0 Å². The van der Waals surface area contributed by atoms with Gasteiger partial charge in [0.05, 0.1) is 18.3 Å². The summed E-state index contributed by atoms with van der Waals surface area (Å²) in [6.07, 6.45) is 1.96. The Hall–Kier alpha value is -2.85. The summed E-state index contributed by atoms with van der Waals surface area (Å²) in [5.41, 5.74) is 5.99. The standard InChI is InChI=1S/C20H17N3O/c1-24-14-5-2-12(3-6-14)18-8-16-13(9-22-18)4-7-15-17-10-21-11-19(17)23-20(15)16/h2-9,21,23H,10-11H2,1H3. The highest BCUT2D eigenvalue weighted by atomic mass is 16.5. The van der Waals surface area contributed by atoms with E-state index in [1.165, 1.54) is 27.5 Å². The molecule has 24 heavy (non-hydrogen) atoms. The van der Waals surface area contributed by atoms with E-state index in [4.69, 9.17) is 4.74 Å². The molecular formula is C20H17N3O. The molecule has 0 saturated carbocycles. The Morgan fingerprint density at radius 3 is 2.71 bits per heavy atom. The van der Waals surface area contributed by atoms with Gasteiger partial charge in [-0.1, -0.05) is 12.1 Å². The minimum atomic E-state index is 0.857. The van der Waals surface area contributed by atoms with E-state index in [1.54, 1.807) is 7.11 Å². The molecule has 2 aromatic heterocycles. The van der Waals surface area contributed by atoms with Gasteiger partial charge in [0.25, 0.3) is 0 Å². The Kier molecular flexibility index (Phi) is 2.87. The first-order valence-corrected chi connectivity index (χ1v) is 8.11. The van der Waals surface area contributed by atoms with Gasteiger partial charge < -0.3 is 15.0 Å². The van der Waals surface area contributed by atoms with Crippen LogP contribution in [-0.4, -0.2) is 17.1 Å². The summed E-state index contributed by atoms with van der Waals surface area (Å²) in [5, 5.41) is 7.10. The number of H-pyrrole nitrogens is 1. The Morgan fingerprint density at radius 2 is 1.88 bits per heavy atom. The Labute approximate surface area is 139 Å². The molecule has 1 aliphatic heterocycles. The molecule has 0 fully saturated rings. The number of hydrogen-bond donors (Lipinski definition) is 2. The van der Waals surface area contributed by atoms with Gasteiger partial charge in [0.15, 0.2) is 0 Å². The fourth-order valence-electron chi connectivity index (χ4n) is 3.58. The average Bonchev–Trinajstić information content (AvgIpc) is 3.22. The van der Waals surface area contributed by atoms with Crippen LogP contribution in [0.5, 0.6) is 5.75 Å². The largest absolute Gasteiger partial charge is 0.497 e. The van der Waals surface area contributed by atoms with E-state index < -0.39 is 0 Å². The number of fused-ring (bicyclic) bond motifs is 5. The molecule has 0 spiro atoms. The Morgan fingerprint density at radius 1 is 1.00 bits per heavy atom. The first-order valence-electron chi connectivity index (χ1n) is 8.11. The van der Waals surface area contributed by atoms with Crippen molar-refractivity contribution in [3.05, 3.63) is 59.9 Å². The molecular weight excluding hydrogens is 298 g/mol. The quantitative estimate of drug-likeness (QED) is 0.588. The van der Waals surface area contributed by atoms with Crippen LogP contribution in [0.2, 0.25) is 0 Å². The third kappa shape index (κ3) is 1.93. The second-order valence-corrected chi connectivity index (χ2v) is 6.19. The molecule has 0 radical (unpaired) electrons. The summed E-state index contributed by atoms with van der Waals surface area (Å²) in [4.78, 5) is 8.24. The number of nitrogens with zero attached hydrogens (tertiary/aromatic N) is 1. The maximum atomic E-state index is 5.24. The number of benzene rings is 2. The van der Waals surface area contributed by atoms with Crippen molar-refractivity contribution in [1.29, 1.82) is 0 Å². The van der Waals surface area contributed by atoms with Crippen LogP contribution in [0.15, 0.2) is 48.7 Å². The molecule has 4 heteroatoms. The van der Waals surface area contributed by atoms with Gasteiger partial charge in [-0.25, -0.2) is 0 Å². The molecule has 2 N–H and O–H groups in total. The number of methoxy groups -OCH3 is 1. The van der Waals surface area contributed by atoms with Crippen LogP contribution < -0.4 is 10.1 Å². The van der Waals surface area contributed by atoms with E-state index >= 15 is 0 Å². The first kappa shape index (κ1) is 13.6.